The highest BCUT2D eigenvalue weighted by Crippen LogP contribution is 2.32. The lowest BCUT2D eigenvalue weighted by Crippen LogP contribution is -2.49. The largest absolute Gasteiger partial charge is 0.479 e. The van der Waals surface area contributed by atoms with Gasteiger partial charge in [0.25, 0.3) is 0 Å². The van der Waals surface area contributed by atoms with E-state index in [0.29, 0.717) is 0 Å². The zero-order valence-corrected chi connectivity index (χ0v) is 13.9. The molecule has 0 fully saturated rings. The molecule has 0 aliphatic rings. The number of aliphatic hydroxyl groups is 1. The van der Waals surface area contributed by atoms with E-state index in [2.05, 4.69) is 5.32 Å². The van der Waals surface area contributed by atoms with E-state index in [9.17, 15) is 27.9 Å². The van der Waals surface area contributed by atoms with Crippen molar-refractivity contribution in [3.8, 4) is 0 Å². The summed E-state index contributed by atoms with van der Waals surface area (Å²) in [6.45, 7) is 4.69. The first-order valence-electron chi connectivity index (χ1n) is 7.37. The van der Waals surface area contributed by atoms with Crippen molar-refractivity contribution in [1.82, 2.24) is 5.32 Å². The summed E-state index contributed by atoms with van der Waals surface area (Å²) < 4.78 is 44.1. The fourth-order valence-electron chi connectivity index (χ4n) is 2.08. The van der Waals surface area contributed by atoms with Crippen molar-refractivity contribution in [2.45, 2.75) is 51.1 Å². The quantitative estimate of drug-likeness (QED) is 0.747. The highest BCUT2D eigenvalue weighted by Gasteiger charge is 2.36. The monoisotopic (exact) mass is 363 g/mol. The van der Waals surface area contributed by atoms with Crippen molar-refractivity contribution in [3.63, 3.8) is 0 Å². The number of nitrogens with one attached hydrogen (secondary N) is 1. The van der Waals surface area contributed by atoms with E-state index < -0.39 is 48.0 Å². The van der Waals surface area contributed by atoms with E-state index in [4.69, 9.17) is 9.84 Å². The number of carboxylic acids is 1. The first-order valence-corrected chi connectivity index (χ1v) is 7.37. The van der Waals surface area contributed by atoms with E-state index in [0.717, 1.165) is 12.1 Å². The SMILES string of the molecule is CC(C)(C)OC(=O)N[C@@H](Cc1ccccc1C(F)(F)F)C(O)C(=O)O. The maximum absolute atomic E-state index is 13.1. The molecule has 1 aromatic rings. The minimum absolute atomic E-state index is 0.253. The Morgan fingerprint density at radius 3 is 2.24 bits per heavy atom. The zero-order chi connectivity index (χ0) is 19.4. The minimum atomic E-state index is -4.65. The van der Waals surface area contributed by atoms with Crippen LogP contribution in [0.2, 0.25) is 0 Å². The highest BCUT2D eigenvalue weighted by atomic mass is 19.4. The second-order valence-corrected chi connectivity index (χ2v) is 6.39. The van der Waals surface area contributed by atoms with Gasteiger partial charge in [-0.25, -0.2) is 9.59 Å². The van der Waals surface area contributed by atoms with Gasteiger partial charge < -0.3 is 20.3 Å². The summed E-state index contributed by atoms with van der Waals surface area (Å²) in [5.74, 6) is -1.68. The Kier molecular flexibility index (Phi) is 6.42. The predicted octanol–water partition coefficient (Wildman–Crippen LogP) is 2.59. The van der Waals surface area contributed by atoms with Gasteiger partial charge in [0, 0.05) is 0 Å². The number of hydrogen-bond donors (Lipinski definition) is 3. The number of ether oxygens (including phenoxy) is 1. The molecule has 0 spiro atoms. The number of halogens is 3. The maximum atomic E-state index is 13.1. The topological polar surface area (TPSA) is 95.9 Å². The third-order valence-electron chi connectivity index (χ3n) is 3.10. The number of rotatable bonds is 5. The van der Waals surface area contributed by atoms with Crippen LogP contribution in [0.5, 0.6) is 0 Å². The summed E-state index contributed by atoms with van der Waals surface area (Å²) in [5.41, 5.74) is -2.12. The average Bonchev–Trinajstić information content (AvgIpc) is 2.43. The van der Waals surface area contributed by atoms with Gasteiger partial charge >= 0.3 is 18.2 Å². The summed E-state index contributed by atoms with van der Waals surface area (Å²) in [5, 5.41) is 20.8. The molecule has 1 aromatic carbocycles. The second kappa shape index (κ2) is 7.73. The molecule has 0 aliphatic carbocycles. The molecule has 0 bridgehead atoms. The summed E-state index contributed by atoms with van der Waals surface area (Å²) in [7, 11) is 0. The van der Waals surface area contributed by atoms with Crippen LogP contribution in [0.1, 0.15) is 31.9 Å². The van der Waals surface area contributed by atoms with Gasteiger partial charge in [0.2, 0.25) is 0 Å². The molecule has 0 aromatic heterocycles. The molecule has 2 atom stereocenters. The number of aliphatic hydroxyl groups excluding tert-OH is 1. The van der Waals surface area contributed by atoms with Crippen molar-refractivity contribution >= 4 is 12.1 Å². The smallest absolute Gasteiger partial charge is 0.416 e. The number of carboxylic acid groups (broad SMARTS) is 1. The maximum Gasteiger partial charge on any atom is 0.416 e. The Morgan fingerprint density at radius 1 is 1.20 bits per heavy atom. The number of benzene rings is 1. The number of hydrogen-bond acceptors (Lipinski definition) is 4. The molecule has 6 nitrogen and oxygen atoms in total. The molecule has 1 amide bonds. The summed E-state index contributed by atoms with van der Waals surface area (Å²) >= 11 is 0. The number of carbonyl (C=O) groups excluding carboxylic acids is 1. The lowest BCUT2D eigenvalue weighted by atomic mass is 9.97. The summed E-state index contributed by atoms with van der Waals surface area (Å²) in [4.78, 5) is 22.8. The third kappa shape index (κ3) is 6.61. The molecule has 1 unspecified atom stereocenters. The van der Waals surface area contributed by atoms with Gasteiger partial charge in [-0.2, -0.15) is 13.2 Å². The second-order valence-electron chi connectivity index (χ2n) is 6.39. The van der Waals surface area contributed by atoms with E-state index in [1.165, 1.54) is 12.1 Å². The first-order chi connectivity index (χ1) is 11.3. The molecule has 0 heterocycles. The van der Waals surface area contributed by atoms with Gasteiger partial charge in [0.1, 0.15) is 5.60 Å². The Balaban J connectivity index is 3.07. The van der Waals surface area contributed by atoms with Crippen LogP contribution in [0, 0.1) is 0 Å². The molecular formula is C16H20F3NO5. The van der Waals surface area contributed by atoms with Crippen molar-refractivity contribution in [1.29, 1.82) is 0 Å². The van der Waals surface area contributed by atoms with Gasteiger partial charge in [0.15, 0.2) is 6.10 Å². The van der Waals surface area contributed by atoms with Crippen LogP contribution < -0.4 is 5.32 Å². The minimum Gasteiger partial charge on any atom is -0.479 e. The number of amides is 1. The Labute approximate surface area is 142 Å². The number of aliphatic carboxylic acids is 1. The summed E-state index contributed by atoms with van der Waals surface area (Å²) in [6.07, 6.45) is -8.33. The number of alkyl halides is 3. The van der Waals surface area contributed by atoms with E-state index >= 15 is 0 Å². The van der Waals surface area contributed by atoms with Crippen LogP contribution in [0.4, 0.5) is 18.0 Å². The summed E-state index contributed by atoms with van der Waals surface area (Å²) in [6, 6.07) is 3.03. The molecular weight excluding hydrogens is 343 g/mol. The molecule has 25 heavy (non-hydrogen) atoms. The fraction of sp³-hybridized carbons (Fsp3) is 0.500. The molecule has 0 aliphatic heterocycles. The van der Waals surface area contributed by atoms with Crippen LogP contribution in [-0.2, 0) is 22.1 Å². The van der Waals surface area contributed by atoms with Crippen LogP contribution in [-0.4, -0.2) is 40.0 Å². The zero-order valence-electron chi connectivity index (χ0n) is 13.9. The van der Waals surface area contributed by atoms with Crippen molar-refractivity contribution in [2.75, 3.05) is 0 Å². The van der Waals surface area contributed by atoms with Gasteiger partial charge in [-0.15, -0.1) is 0 Å². The lowest BCUT2D eigenvalue weighted by molar-refractivity contribution is -0.148. The molecule has 0 saturated heterocycles. The number of carbonyl (C=O) groups is 2. The van der Waals surface area contributed by atoms with Crippen LogP contribution in [0.15, 0.2) is 24.3 Å². The van der Waals surface area contributed by atoms with Crippen molar-refractivity contribution in [3.05, 3.63) is 35.4 Å². The predicted molar refractivity (Wildman–Crippen MR) is 81.9 cm³/mol. The highest BCUT2D eigenvalue weighted by molar-refractivity contribution is 5.75. The average molecular weight is 363 g/mol. The van der Waals surface area contributed by atoms with Crippen molar-refractivity contribution < 1.29 is 37.7 Å². The fourth-order valence-corrected chi connectivity index (χ4v) is 2.08. The first kappa shape index (κ1) is 20.8. The standard InChI is InChI=1S/C16H20F3NO5/c1-15(2,3)25-14(24)20-11(12(21)13(22)23)8-9-6-4-5-7-10(9)16(17,18)19/h4-7,11-12,21H,8H2,1-3H3,(H,20,24)(H,22,23)/t11-,12?/m0/s1. The van der Waals surface area contributed by atoms with Crippen LogP contribution in [0.25, 0.3) is 0 Å². The van der Waals surface area contributed by atoms with Crippen LogP contribution >= 0.6 is 0 Å². The normalized spacial score (nSPS) is 14.5. The third-order valence-corrected chi connectivity index (χ3v) is 3.10. The molecule has 3 N–H and O–H groups in total. The van der Waals surface area contributed by atoms with Gasteiger partial charge in [-0.1, -0.05) is 18.2 Å². The van der Waals surface area contributed by atoms with Crippen LogP contribution in [0.3, 0.4) is 0 Å². The van der Waals surface area contributed by atoms with Gasteiger partial charge in [-0.05, 0) is 38.8 Å². The van der Waals surface area contributed by atoms with E-state index in [1.807, 2.05) is 0 Å². The Bertz CT molecular complexity index is 625. The van der Waals surface area contributed by atoms with Gasteiger partial charge in [0.05, 0.1) is 11.6 Å². The molecule has 0 saturated carbocycles. The van der Waals surface area contributed by atoms with Crippen molar-refractivity contribution in [2.24, 2.45) is 0 Å². The molecule has 0 radical (unpaired) electrons. The number of alkyl carbamates (subject to hydrolysis) is 1. The van der Waals surface area contributed by atoms with E-state index in [-0.39, 0.29) is 5.56 Å². The Hall–Kier alpha value is -2.29. The van der Waals surface area contributed by atoms with Gasteiger partial charge in [-0.3, -0.25) is 0 Å². The van der Waals surface area contributed by atoms with E-state index in [1.54, 1.807) is 20.8 Å². The molecule has 9 heteroatoms. The molecule has 1 rings (SSSR count). The lowest BCUT2D eigenvalue weighted by Gasteiger charge is -2.26. The Morgan fingerprint density at radius 2 is 1.76 bits per heavy atom. The molecule has 140 valence electrons.